The highest BCUT2D eigenvalue weighted by atomic mass is 32.1. The predicted octanol–water partition coefficient (Wildman–Crippen LogP) is 6.16. The monoisotopic (exact) mass is 510 g/mol. The molecule has 1 aromatic heterocycles. The third kappa shape index (κ3) is 3.90. The van der Waals surface area contributed by atoms with Crippen molar-refractivity contribution in [2.24, 2.45) is 0 Å². The second-order valence-electron chi connectivity index (χ2n) is 10.4. The second kappa shape index (κ2) is 8.56. The fourth-order valence-corrected chi connectivity index (χ4v) is 5.96. The molecule has 186 valence electrons. The van der Waals surface area contributed by atoms with Crippen molar-refractivity contribution in [1.82, 2.24) is 4.98 Å². The number of hydrogen-bond acceptors (Lipinski definition) is 6. The normalized spacial score (nSPS) is 18.9. The molecule has 6 rings (SSSR count). The van der Waals surface area contributed by atoms with Gasteiger partial charge in [0.25, 0.3) is 5.78 Å². The van der Waals surface area contributed by atoms with Gasteiger partial charge in [-0.05, 0) is 52.4 Å². The van der Waals surface area contributed by atoms with Crippen molar-refractivity contribution in [2.75, 3.05) is 11.5 Å². The summed E-state index contributed by atoms with van der Waals surface area (Å²) in [6.45, 7) is 6.98. The number of aliphatic hydroxyl groups excluding tert-OH is 1. The summed E-state index contributed by atoms with van der Waals surface area (Å²) in [4.78, 5) is 33.1. The number of hydrogen-bond donors (Lipinski definition) is 1. The van der Waals surface area contributed by atoms with Gasteiger partial charge in [-0.2, -0.15) is 0 Å². The molecule has 0 aliphatic carbocycles. The zero-order valence-electron chi connectivity index (χ0n) is 20.8. The van der Waals surface area contributed by atoms with Crippen LogP contribution < -0.4 is 9.64 Å². The van der Waals surface area contributed by atoms with Crippen molar-refractivity contribution in [1.29, 1.82) is 0 Å². The van der Waals surface area contributed by atoms with Crippen LogP contribution in [0, 0.1) is 0 Å². The SMILES string of the molecule is CC(C)(C)c1ccc(C2/C(=C(\O)c3ccc4c(c3)CCO4)C(=O)C(=O)N2c2nc3ccccc3s2)cc1. The third-order valence-electron chi connectivity index (χ3n) is 6.99. The van der Waals surface area contributed by atoms with Gasteiger partial charge in [-0.1, -0.05) is 68.5 Å². The summed E-state index contributed by atoms with van der Waals surface area (Å²) in [5.41, 5.74) is 4.08. The highest BCUT2D eigenvalue weighted by molar-refractivity contribution is 7.22. The van der Waals surface area contributed by atoms with Gasteiger partial charge < -0.3 is 9.84 Å². The number of thiazole rings is 1. The average molecular weight is 511 g/mol. The van der Waals surface area contributed by atoms with Gasteiger partial charge in [-0.25, -0.2) is 4.98 Å². The minimum absolute atomic E-state index is 0.0557. The number of ketones is 1. The van der Waals surface area contributed by atoms with Crippen LogP contribution in [-0.4, -0.2) is 28.4 Å². The first-order chi connectivity index (χ1) is 17.7. The number of anilines is 1. The number of nitrogens with zero attached hydrogens (tertiary/aromatic N) is 2. The quantitative estimate of drug-likeness (QED) is 0.203. The number of ether oxygens (including phenoxy) is 1. The fraction of sp³-hybridized carbons (Fsp3) is 0.233. The molecule has 1 fully saturated rings. The van der Waals surface area contributed by atoms with Crippen molar-refractivity contribution in [2.45, 2.75) is 38.6 Å². The van der Waals surface area contributed by atoms with E-state index in [0.29, 0.717) is 17.3 Å². The third-order valence-corrected chi connectivity index (χ3v) is 8.02. The lowest BCUT2D eigenvalue weighted by Gasteiger charge is -2.24. The highest BCUT2D eigenvalue weighted by Crippen LogP contribution is 2.45. The molecular formula is C30H26N2O4S. The Bertz CT molecular complexity index is 1560. The topological polar surface area (TPSA) is 79.7 Å². The van der Waals surface area contributed by atoms with Gasteiger partial charge in [0, 0.05) is 12.0 Å². The lowest BCUT2D eigenvalue weighted by molar-refractivity contribution is -0.132. The molecule has 0 saturated carbocycles. The number of aromatic nitrogens is 1. The Morgan fingerprint density at radius 1 is 1.05 bits per heavy atom. The smallest absolute Gasteiger partial charge is 0.301 e. The first-order valence-electron chi connectivity index (χ1n) is 12.3. The van der Waals surface area contributed by atoms with E-state index in [4.69, 9.17) is 4.74 Å². The minimum Gasteiger partial charge on any atom is -0.507 e. The summed E-state index contributed by atoms with van der Waals surface area (Å²) in [6, 6.07) is 20.1. The predicted molar refractivity (Wildman–Crippen MR) is 145 cm³/mol. The van der Waals surface area contributed by atoms with Gasteiger partial charge in [-0.3, -0.25) is 14.5 Å². The zero-order chi connectivity index (χ0) is 25.9. The highest BCUT2D eigenvalue weighted by Gasteiger charge is 2.48. The summed E-state index contributed by atoms with van der Waals surface area (Å²) >= 11 is 1.35. The van der Waals surface area contributed by atoms with Crippen LogP contribution in [0.2, 0.25) is 0 Å². The minimum atomic E-state index is -0.806. The maximum atomic E-state index is 13.5. The summed E-state index contributed by atoms with van der Waals surface area (Å²) in [5, 5.41) is 11.9. The molecule has 3 heterocycles. The van der Waals surface area contributed by atoms with Crippen LogP contribution in [-0.2, 0) is 21.4 Å². The van der Waals surface area contributed by atoms with E-state index in [1.54, 1.807) is 12.1 Å². The molecule has 37 heavy (non-hydrogen) atoms. The summed E-state index contributed by atoms with van der Waals surface area (Å²) in [6.07, 6.45) is 0.730. The van der Waals surface area contributed by atoms with Crippen LogP contribution in [0.3, 0.4) is 0 Å². The van der Waals surface area contributed by atoms with E-state index in [1.807, 2.05) is 54.6 Å². The Labute approximate surface area is 218 Å². The van der Waals surface area contributed by atoms with Crippen molar-refractivity contribution in [3.63, 3.8) is 0 Å². The fourth-order valence-electron chi connectivity index (χ4n) is 4.96. The molecule has 0 radical (unpaired) electrons. The Morgan fingerprint density at radius 3 is 2.54 bits per heavy atom. The second-order valence-corrected chi connectivity index (χ2v) is 11.4. The van der Waals surface area contributed by atoms with E-state index in [1.165, 1.54) is 16.2 Å². The Hall–Kier alpha value is -3.97. The van der Waals surface area contributed by atoms with Crippen LogP contribution in [0.15, 0.2) is 72.3 Å². The van der Waals surface area contributed by atoms with Crippen molar-refractivity contribution < 1.29 is 19.4 Å². The molecule has 2 aliphatic heterocycles. The number of fused-ring (bicyclic) bond motifs is 2. The van der Waals surface area contributed by atoms with E-state index in [-0.39, 0.29) is 16.7 Å². The van der Waals surface area contributed by atoms with Crippen LogP contribution in [0.5, 0.6) is 5.75 Å². The molecule has 1 unspecified atom stereocenters. The molecule has 3 aromatic carbocycles. The molecule has 7 heteroatoms. The van der Waals surface area contributed by atoms with Crippen LogP contribution in [0.25, 0.3) is 16.0 Å². The number of para-hydroxylation sites is 1. The molecule has 6 nitrogen and oxygen atoms in total. The van der Waals surface area contributed by atoms with Crippen LogP contribution in [0.1, 0.15) is 49.1 Å². The molecule has 2 aliphatic rings. The molecule has 1 amide bonds. The van der Waals surface area contributed by atoms with Crippen molar-refractivity contribution in [3.05, 3.63) is 94.6 Å². The zero-order valence-corrected chi connectivity index (χ0v) is 21.6. The van der Waals surface area contributed by atoms with E-state index in [0.717, 1.165) is 39.1 Å². The largest absolute Gasteiger partial charge is 0.507 e. The molecule has 0 spiro atoms. The van der Waals surface area contributed by atoms with Gasteiger partial charge in [0.05, 0.1) is 28.4 Å². The van der Waals surface area contributed by atoms with E-state index in [9.17, 15) is 14.7 Å². The van der Waals surface area contributed by atoms with E-state index >= 15 is 0 Å². The Morgan fingerprint density at radius 2 is 1.81 bits per heavy atom. The van der Waals surface area contributed by atoms with Crippen LogP contribution >= 0.6 is 11.3 Å². The summed E-state index contributed by atoms with van der Waals surface area (Å²) in [5.74, 6) is -0.837. The standard InChI is InChI=1S/C30H26N2O4S/c1-30(2,3)20-11-8-17(9-12-20)25-24(26(33)19-10-13-22-18(16-19)14-15-36-22)27(34)28(35)32(25)29-31-21-6-4-5-7-23(21)37-29/h4-13,16,25,33H,14-15H2,1-3H3/b26-24+. The number of amides is 1. The lowest BCUT2D eigenvalue weighted by atomic mass is 9.85. The Balaban J connectivity index is 1.54. The number of carbonyl (C=O) groups is 2. The van der Waals surface area contributed by atoms with Gasteiger partial charge in [0.15, 0.2) is 5.13 Å². The van der Waals surface area contributed by atoms with Gasteiger partial charge in [0.1, 0.15) is 11.5 Å². The first-order valence-corrected chi connectivity index (χ1v) is 13.1. The van der Waals surface area contributed by atoms with Crippen molar-refractivity contribution >= 4 is 44.1 Å². The van der Waals surface area contributed by atoms with Crippen molar-refractivity contribution in [3.8, 4) is 5.75 Å². The van der Waals surface area contributed by atoms with Crippen LogP contribution in [0.4, 0.5) is 5.13 Å². The van der Waals surface area contributed by atoms with Gasteiger partial charge in [0.2, 0.25) is 0 Å². The first kappa shape index (κ1) is 23.4. The van der Waals surface area contributed by atoms with E-state index in [2.05, 4.69) is 25.8 Å². The number of benzene rings is 3. The maximum Gasteiger partial charge on any atom is 0.301 e. The molecule has 1 atom stereocenters. The number of aliphatic hydroxyl groups is 1. The molecule has 4 aromatic rings. The van der Waals surface area contributed by atoms with Gasteiger partial charge in [-0.15, -0.1) is 0 Å². The van der Waals surface area contributed by atoms with E-state index < -0.39 is 17.7 Å². The molecule has 1 saturated heterocycles. The summed E-state index contributed by atoms with van der Waals surface area (Å²) in [7, 11) is 0. The van der Waals surface area contributed by atoms with Gasteiger partial charge >= 0.3 is 5.91 Å². The molecule has 1 N–H and O–H groups in total. The number of rotatable bonds is 3. The summed E-state index contributed by atoms with van der Waals surface area (Å²) < 4.78 is 6.51. The molecule has 0 bridgehead atoms. The average Bonchev–Trinajstić information content (AvgIpc) is 3.59. The lowest BCUT2D eigenvalue weighted by Crippen LogP contribution is -2.29. The number of Topliss-reactive ketones (excluding diaryl/α,β-unsaturated/α-hetero) is 1. The number of carbonyl (C=O) groups excluding carboxylic acids is 2. The molecular weight excluding hydrogens is 484 g/mol. The maximum absolute atomic E-state index is 13.5. The Kier molecular flexibility index (Phi) is 5.42.